The summed E-state index contributed by atoms with van der Waals surface area (Å²) in [6, 6.07) is 6.47. The van der Waals surface area contributed by atoms with Crippen molar-refractivity contribution < 1.29 is 18.3 Å². The van der Waals surface area contributed by atoms with Gasteiger partial charge < -0.3 is 15.3 Å². The van der Waals surface area contributed by atoms with Crippen LogP contribution in [0.3, 0.4) is 0 Å². The van der Waals surface area contributed by atoms with E-state index < -0.39 is 16.1 Å². The number of halogens is 1. The number of carboxylic acid groups (broad SMARTS) is 1. The van der Waals surface area contributed by atoms with Crippen LogP contribution in [0.15, 0.2) is 36.7 Å². The van der Waals surface area contributed by atoms with Crippen LogP contribution in [0.1, 0.15) is 40.2 Å². The summed E-state index contributed by atoms with van der Waals surface area (Å²) in [5.74, 6) is 0.338. The summed E-state index contributed by atoms with van der Waals surface area (Å²) in [6.07, 6.45) is 2.94. The zero-order valence-corrected chi connectivity index (χ0v) is 23.0. The number of likely N-dealkylation sites (N-methyl/N-ethyl adjacent to an activating group) is 1. The molecule has 3 aromatic rings. The van der Waals surface area contributed by atoms with Gasteiger partial charge in [0.25, 0.3) is 0 Å². The van der Waals surface area contributed by atoms with E-state index in [0.29, 0.717) is 52.1 Å². The number of nitrogens with zero attached hydrogens (tertiary/aromatic N) is 5. The molecule has 2 heterocycles. The van der Waals surface area contributed by atoms with E-state index in [1.807, 2.05) is 20.0 Å². The van der Waals surface area contributed by atoms with Crippen molar-refractivity contribution in [1.29, 1.82) is 0 Å². The van der Waals surface area contributed by atoms with Gasteiger partial charge in [0.1, 0.15) is 5.69 Å². The number of aromatic nitrogens is 4. The SMILES string of the molecule is CCCS(=O)(=O)Nc1cc(Cl)cc(-c2nn(C(C)C)cc2-c2ccnc(NC[C@H](C)N(C)C(=O)O)n2)c1. The summed E-state index contributed by atoms with van der Waals surface area (Å²) in [4.78, 5) is 21.3. The second kappa shape index (κ2) is 11.8. The van der Waals surface area contributed by atoms with Gasteiger partial charge in [0, 0.05) is 54.2 Å². The van der Waals surface area contributed by atoms with E-state index in [2.05, 4.69) is 20.0 Å². The predicted molar refractivity (Wildman–Crippen MR) is 146 cm³/mol. The second-order valence-electron chi connectivity index (χ2n) is 9.00. The molecule has 3 N–H and O–H groups in total. The molecule has 3 rings (SSSR count). The molecule has 0 radical (unpaired) electrons. The van der Waals surface area contributed by atoms with E-state index in [1.54, 1.807) is 49.0 Å². The molecule has 0 spiro atoms. The summed E-state index contributed by atoms with van der Waals surface area (Å²) < 4.78 is 29.0. The number of nitrogens with one attached hydrogen (secondary N) is 2. The molecule has 0 aliphatic heterocycles. The van der Waals surface area contributed by atoms with Crippen LogP contribution in [0.4, 0.5) is 16.4 Å². The Morgan fingerprint density at radius 1 is 1.24 bits per heavy atom. The maximum atomic E-state index is 12.3. The van der Waals surface area contributed by atoms with Crippen LogP contribution >= 0.6 is 11.6 Å². The van der Waals surface area contributed by atoms with Crippen molar-refractivity contribution in [1.82, 2.24) is 24.6 Å². The van der Waals surface area contributed by atoms with Gasteiger partial charge in [0.05, 0.1) is 17.1 Å². The standard InChI is InChI=1S/C24H32ClN7O4S/c1-6-9-37(35,36)30-19-11-17(10-18(25)12-19)22-20(14-32(29-22)15(2)3)21-7-8-26-23(28-21)27-13-16(4)31(5)24(33)34/h7-8,10-12,14-16,30H,6,9,13H2,1-5H3,(H,33,34)(H,26,27,28)/t16-/m0/s1. The Kier molecular flexibility index (Phi) is 8.98. The van der Waals surface area contributed by atoms with Crippen molar-refractivity contribution in [3.05, 3.63) is 41.7 Å². The molecular formula is C24H32ClN7O4S. The number of anilines is 2. The minimum Gasteiger partial charge on any atom is -0.465 e. The van der Waals surface area contributed by atoms with Crippen LogP contribution in [-0.4, -0.2) is 69.7 Å². The quantitative estimate of drug-likeness (QED) is 0.309. The summed E-state index contributed by atoms with van der Waals surface area (Å²) >= 11 is 6.37. The third-order valence-corrected chi connectivity index (χ3v) is 7.34. The highest BCUT2D eigenvalue weighted by Gasteiger charge is 2.19. The Bertz CT molecular complexity index is 1360. The number of hydrogen-bond donors (Lipinski definition) is 3. The molecule has 0 unspecified atom stereocenters. The van der Waals surface area contributed by atoms with Gasteiger partial charge in [0.2, 0.25) is 16.0 Å². The molecule has 37 heavy (non-hydrogen) atoms. The highest BCUT2D eigenvalue weighted by molar-refractivity contribution is 7.92. The lowest BCUT2D eigenvalue weighted by Gasteiger charge is -2.21. The number of rotatable bonds is 11. The number of hydrogen-bond acceptors (Lipinski definition) is 7. The molecule has 0 saturated heterocycles. The predicted octanol–water partition coefficient (Wildman–Crippen LogP) is 4.80. The lowest BCUT2D eigenvalue weighted by molar-refractivity contribution is 0.144. The molecule has 11 nitrogen and oxygen atoms in total. The molecule has 0 aliphatic carbocycles. The number of amides is 1. The summed E-state index contributed by atoms with van der Waals surface area (Å²) in [6.45, 7) is 7.89. The molecule has 0 bridgehead atoms. The van der Waals surface area contributed by atoms with Crippen LogP contribution < -0.4 is 10.0 Å². The fourth-order valence-electron chi connectivity index (χ4n) is 3.50. The summed E-state index contributed by atoms with van der Waals surface area (Å²) in [7, 11) is -2.00. The van der Waals surface area contributed by atoms with E-state index in [4.69, 9.17) is 21.8 Å². The molecule has 0 aliphatic rings. The highest BCUT2D eigenvalue weighted by Crippen LogP contribution is 2.34. The third-order valence-electron chi connectivity index (χ3n) is 5.63. The fourth-order valence-corrected chi connectivity index (χ4v) is 4.85. The van der Waals surface area contributed by atoms with Crippen LogP contribution in [0.2, 0.25) is 5.02 Å². The van der Waals surface area contributed by atoms with Gasteiger partial charge in [0.15, 0.2) is 0 Å². The Morgan fingerprint density at radius 3 is 2.62 bits per heavy atom. The Balaban J connectivity index is 1.99. The van der Waals surface area contributed by atoms with Crippen molar-refractivity contribution >= 4 is 39.4 Å². The molecular weight excluding hydrogens is 518 g/mol. The fraction of sp³-hybridized carbons (Fsp3) is 0.417. The first-order chi connectivity index (χ1) is 17.4. The molecule has 1 amide bonds. The van der Waals surface area contributed by atoms with E-state index in [9.17, 15) is 13.2 Å². The molecule has 200 valence electrons. The monoisotopic (exact) mass is 549 g/mol. The number of sulfonamides is 1. The summed E-state index contributed by atoms with van der Waals surface area (Å²) in [5.41, 5.74) is 2.85. The average Bonchev–Trinajstić information content (AvgIpc) is 3.27. The van der Waals surface area contributed by atoms with Gasteiger partial charge in [-0.25, -0.2) is 23.2 Å². The van der Waals surface area contributed by atoms with E-state index in [1.165, 1.54) is 11.9 Å². The average molecular weight is 550 g/mol. The van der Waals surface area contributed by atoms with Crippen molar-refractivity contribution in [2.45, 2.75) is 46.2 Å². The molecule has 1 aromatic carbocycles. The number of benzene rings is 1. The molecule has 0 fully saturated rings. The van der Waals surface area contributed by atoms with Gasteiger partial charge in [-0.15, -0.1) is 0 Å². The van der Waals surface area contributed by atoms with Gasteiger partial charge in [-0.3, -0.25) is 9.40 Å². The zero-order valence-electron chi connectivity index (χ0n) is 21.4. The van der Waals surface area contributed by atoms with Crippen LogP contribution in [0.5, 0.6) is 0 Å². The topological polar surface area (TPSA) is 142 Å². The van der Waals surface area contributed by atoms with Crippen LogP contribution in [0.25, 0.3) is 22.5 Å². The Hall–Kier alpha value is -3.38. The van der Waals surface area contributed by atoms with Gasteiger partial charge in [-0.05, 0) is 51.5 Å². The summed E-state index contributed by atoms with van der Waals surface area (Å²) in [5, 5.41) is 17.4. The Morgan fingerprint density at radius 2 is 1.97 bits per heavy atom. The first kappa shape index (κ1) is 28.2. The number of carbonyl (C=O) groups is 1. The zero-order chi connectivity index (χ0) is 27.3. The lowest BCUT2D eigenvalue weighted by atomic mass is 10.1. The van der Waals surface area contributed by atoms with Gasteiger partial charge in [-0.2, -0.15) is 5.10 Å². The first-order valence-electron chi connectivity index (χ1n) is 11.8. The van der Waals surface area contributed by atoms with Crippen molar-refractivity contribution in [2.75, 3.05) is 29.4 Å². The van der Waals surface area contributed by atoms with Crippen molar-refractivity contribution in [2.24, 2.45) is 0 Å². The van der Waals surface area contributed by atoms with E-state index in [-0.39, 0.29) is 17.8 Å². The molecule has 0 saturated carbocycles. The highest BCUT2D eigenvalue weighted by atomic mass is 35.5. The van der Waals surface area contributed by atoms with Crippen molar-refractivity contribution in [3.63, 3.8) is 0 Å². The largest absolute Gasteiger partial charge is 0.465 e. The normalized spacial score (nSPS) is 12.4. The smallest absolute Gasteiger partial charge is 0.407 e. The van der Waals surface area contributed by atoms with E-state index >= 15 is 0 Å². The maximum absolute atomic E-state index is 12.3. The van der Waals surface area contributed by atoms with Crippen LogP contribution in [-0.2, 0) is 10.0 Å². The third kappa shape index (κ3) is 7.32. The minimum absolute atomic E-state index is 0.000339. The van der Waals surface area contributed by atoms with Crippen molar-refractivity contribution in [3.8, 4) is 22.5 Å². The molecule has 2 aromatic heterocycles. The van der Waals surface area contributed by atoms with Crippen LogP contribution in [0, 0.1) is 0 Å². The Labute approximate surface area is 221 Å². The maximum Gasteiger partial charge on any atom is 0.407 e. The van der Waals surface area contributed by atoms with Gasteiger partial charge >= 0.3 is 6.09 Å². The van der Waals surface area contributed by atoms with E-state index in [0.717, 1.165) is 0 Å². The molecule has 13 heteroatoms. The van der Waals surface area contributed by atoms with Gasteiger partial charge in [-0.1, -0.05) is 18.5 Å². The minimum atomic E-state index is -3.50. The first-order valence-corrected chi connectivity index (χ1v) is 13.9. The second-order valence-corrected chi connectivity index (χ2v) is 11.3. The molecule has 1 atom stereocenters. The lowest BCUT2D eigenvalue weighted by Crippen LogP contribution is -2.38.